The summed E-state index contributed by atoms with van der Waals surface area (Å²) < 4.78 is 4.12. The van der Waals surface area contributed by atoms with Crippen LogP contribution in [0, 0.1) is 22.0 Å². The number of nitrogens with zero attached hydrogens (tertiary/aromatic N) is 6. The molecular weight excluding hydrogens is 506 g/mol. The molecular formula is C29H31N9O2. The summed E-state index contributed by atoms with van der Waals surface area (Å²) >= 11 is 0. The average molecular weight is 538 g/mol. The second-order valence-corrected chi connectivity index (χ2v) is 10.6. The zero-order valence-corrected chi connectivity index (χ0v) is 22.0. The molecule has 11 heteroatoms. The number of aromatic amines is 1. The van der Waals surface area contributed by atoms with Gasteiger partial charge >= 0.3 is 0 Å². The number of aromatic nitrogens is 6. The summed E-state index contributed by atoms with van der Waals surface area (Å²) in [6, 6.07) is 16.4. The minimum atomic E-state index is -0.430. The number of anilines is 2. The van der Waals surface area contributed by atoms with Crippen molar-refractivity contribution in [2.75, 3.05) is 11.5 Å². The van der Waals surface area contributed by atoms with Crippen LogP contribution in [0.2, 0.25) is 0 Å². The largest absolute Gasteiger partial charge is 0.399 e. The molecule has 6 aromatic rings. The Hall–Kier alpha value is -4.93. The van der Waals surface area contributed by atoms with E-state index in [4.69, 9.17) is 11.5 Å². The molecule has 0 amide bonds. The van der Waals surface area contributed by atoms with Gasteiger partial charge < -0.3 is 11.5 Å². The Balaban J connectivity index is 0.000000109. The van der Waals surface area contributed by atoms with Crippen molar-refractivity contribution in [3.63, 3.8) is 0 Å². The summed E-state index contributed by atoms with van der Waals surface area (Å²) in [5, 5.41) is 28.9. The van der Waals surface area contributed by atoms with Crippen molar-refractivity contribution < 1.29 is 4.92 Å². The van der Waals surface area contributed by atoms with Gasteiger partial charge in [-0.15, -0.1) is 0 Å². The third-order valence-corrected chi connectivity index (χ3v) is 7.15. The lowest BCUT2D eigenvalue weighted by atomic mass is 10.2. The van der Waals surface area contributed by atoms with E-state index >= 15 is 0 Å². The predicted octanol–water partition coefficient (Wildman–Crippen LogP) is 5.53. The van der Waals surface area contributed by atoms with Crippen LogP contribution in [0.25, 0.3) is 32.7 Å². The minimum Gasteiger partial charge on any atom is -0.399 e. The SMILES string of the molecule is Nc1ccc2cn(CC3CC3)nc2c1.Nc1ccc2cnn(CC3CC3)c2c1.O=[N+]([O-])c1ccc2cn[nH]c2c1. The Morgan fingerprint density at radius 3 is 2.33 bits per heavy atom. The lowest BCUT2D eigenvalue weighted by molar-refractivity contribution is -0.384. The first-order valence-electron chi connectivity index (χ1n) is 13.4. The number of benzene rings is 3. The Kier molecular flexibility index (Phi) is 6.77. The van der Waals surface area contributed by atoms with Crippen LogP contribution in [0.4, 0.5) is 17.1 Å². The Labute approximate surface area is 229 Å². The molecule has 40 heavy (non-hydrogen) atoms. The number of nitro groups is 1. The van der Waals surface area contributed by atoms with E-state index in [9.17, 15) is 10.1 Å². The predicted molar refractivity (Wildman–Crippen MR) is 156 cm³/mol. The van der Waals surface area contributed by atoms with Gasteiger partial charge in [-0.3, -0.25) is 24.6 Å². The number of hydrogen-bond donors (Lipinski definition) is 3. The number of fused-ring (bicyclic) bond motifs is 3. The minimum absolute atomic E-state index is 0.0757. The zero-order valence-electron chi connectivity index (χ0n) is 22.0. The molecule has 0 saturated heterocycles. The van der Waals surface area contributed by atoms with E-state index in [2.05, 4.69) is 31.3 Å². The summed E-state index contributed by atoms with van der Waals surface area (Å²) in [6.45, 7) is 2.11. The second-order valence-electron chi connectivity index (χ2n) is 10.6. The first-order chi connectivity index (χ1) is 19.4. The molecule has 3 heterocycles. The summed E-state index contributed by atoms with van der Waals surface area (Å²) in [4.78, 5) is 9.91. The smallest absolute Gasteiger partial charge is 0.271 e. The number of H-pyrrole nitrogens is 1. The number of rotatable bonds is 5. The normalized spacial score (nSPS) is 14.5. The number of nitrogen functional groups attached to an aromatic ring is 2. The van der Waals surface area contributed by atoms with Gasteiger partial charge in [0.05, 0.1) is 33.9 Å². The van der Waals surface area contributed by atoms with E-state index in [0.717, 1.165) is 52.7 Å². The maximum absolute atomic E-state index is 10.3. The second kappa shape index (κ2) is 10.7. The summed E-state index contributed by atoms with van der Waals surface area (Å²) in [6.07, 6.45) is 11.1. The Morgan fingerprint density at radius 1 is 0.875 bits per heavy atom. The Morgan fingerprint density at radius 2 is 1.57 bits per heavy atom. The van der Waals surface area contributed by atoms with Crippen molar-refractivity contribution in [2.24, 2.45) is 11.8 Å². The van der Waals surface area contributed by atoms with Gasteiger partial charge in [0.25, 0.3) is 5.69 Å². The van der Waals surface area contributed by atoms with E-state index in [-0.39, 0.29) is 5.69 Å². The maximum Gasteiger partial charge on any atom is 0.271 e. The van der Waals surface area contributed by atoms with Gasteiger partial charge in [-0.05, 0) is 80.0 Å². The quantitative estimate of drug-likeness (QED) is 0.148. The summed E-state index contributed by atoms with van der Waals surface area (Å²) in [5.74, 6) is 1.71. The van der Waals surface area contributed by atoms with Gasteiger partial charge in [-0.2, -0.15) is 15.3 Å². The van der Waals surface area contributed by atoms with Crippen LogP contribution in [-0.4, -0.2) is 34.7 Å². The van der Waals surface area contributed by atoms with Crippen molar-refractivity contribution in [3.8, 4) is 0 Å². The van der Waals surface area contributed by atoms with Gasteiger partial charge in [0.2, 0.25) is 0 Å². The first kappa shape index (κ1) is 25.4. The summed E-state index contributed by atoms with van der Waals surface area (Å²) in [7, 11) is 0. The maximum atomic E-state index is 10.3. The van der Waals surface area contributed by atoms with Crippen LogP contribution in [0.3, 0.4) is 0 Å². The summed E-state index contributed by atoms with van der Waals surface area (Å²) in [5.41, 5.74) is 16.0. The van der Waals surface area contributed by atoms with Crippen LogP contribution in [0.1, 0.15) is 25.7 Å². The number of nitrogens with two attached hydrogens (primary N) is 2. The van der Waals surface area contributed by atoms with Gasteiger partial charge in [-0.1, -0.05) is 0 Å². The average Bonchev–Trinajstić information content (AvgIpc) is 3.80. The molecule has 11 nitrogen and oxygen atoms in total. The van der Waals surface area contributed by atoms with E-state index in [1.54, 1.807) is 12.3 Å². The lowest BCUT2D eigenvalue weighted by Gasteiger charge is -2.01. The van der Waals surface area contributed by atoms with Crippen LogP contribution < -0.4 is 11.5 Å². The molecule has 2 fully saturated rings. The highest BCUT2D eigenvalue weighted by molar-refractivity contribution is 5.82. The van der Waals surface area contributed by atoms with Crippen molar-refractivity contribution in [3.05, 3.63) is 83.3 Å². The monoisotopic (exact) mass is 537 g/mol. The number of hydrogen-bond acceptors (Lipinski definition) is 7. The highest BCUT2D eigenvalue weighted by Gasteiger charge is 2.23. The zero-order chi connectivity index (χ0) is 27.6. The third kappa shape index (κ3) is 6.04. The molecule has 0 radical (unpaired) electrons. The Bertz CT molecular complexity index is 1790. The van der Waals surface area contributed by atoms with Crippen LogP contribution in [0.5, 0.6) is 0 Å². The third-order valence-electron chi connectivity index (χ3n) is 7.15. The molecule has 0 bridgehead atoms. The van der Waals surface area contributed by atoms with Crippen LogP contribution in [0.15, 0.2) is 73.2 Å². The topological polar surface area (TPSA) is 159 Å². The van der Waals surface area contributed by atoms with Crippen LogP contribution in [-0.2, 0) is 13.1 Å². The molecule has 0 atom stereocenters. The van der Waals surface area contributed by atoms with Gasteiger partial charge in [-0.25, -0.2) is 0 Å². The molecule has 2 aliphatic carbocycles. The van der Waals surface area contributed by atoms with E-state index in [0.29, 0.717) is 5.52 Å². The fourth-order valence-corrected chi connectivity index (χ4v) is 4.56. The number of nitrogens with one attached hydrogen (secondary N) is 1. The van der Waals surface area contributed by atoms with Gasteiger partial charge in [0, 0.05) is 59.0 Å². The molecule has 2 aliphatic rings. The molecule has 3 aromatic heterocycles. The van der Waals surface area contributed by atoms with Crippen molar-refractivity contribution in [2.45, 2.75) is 38.8 Å². The standard InChI is InChI=1S/2C11H13N3.C7H5N3O2/c12-10-4-3-9-6-13-14(11(9)5-10)7-8-1-2-8;12-10-4-3-9-7-14(6-8-1-2-8)13-11(9)5-10;11-10(12)6-2-1-5-4-8-9-7(5)3-6/h3-6,8H,1-2,7,12H2;3-5,7-8H,1-2,6,12H2;1-4H,(H,8,9). The molecule has 3 aromatic carbocycles. The number of non-ortho nitro benzene ring substituents is 1. The van der Waals surface area contributed by atoms with Crippen molar-refractivity contribution >= 4 is 49.8 Å². The van der Waals surface area contributed by atoms with Crippen molar-refractivity contribution in [1.29, 1.82) is 0 Å². The van der Waals surface area contributed by atoms with Gasteiger partial charge in [0.1, 0.15) is 0 Å². The van der Waals surface area contributed by atoms with E-state index < -0.39 is 4.92 Å². The van der Waals surface area contributed by atoms with Gasteiger partial charge in [0.15, 0.2) is 0 Å². The molecule has 0 spiro atoms. The first-order valence-corrected chi connectivity index (χ1v) is 13.4. The molecule has 204 valence electrons. The fraction of sp³-hybridized carbons (Fsp3) is 0.276. The van der Waals surface area contributed by atoms with E-state index in [1.807, 2.05) is 47.3 Å². The molecule has 0 unspecified atom stereocenters. The van der Waals surface area contributed by atoms with Crippen LogP contribution >= 0.6 is 0 Å². The molecule has 8 rings (SSSR count). The molecule has 0 aliphatic heterocycles. The lowest BCUT2D eigenvalue weighted by Crippen LogP contribution is -2.01. The highest BCUT2D eigenvalue weighted by Crippen LogP contribution is 2.32. The van der Waals surface area contributed by atoms with Crippen molar-refractivity contribution in [1.82, 2.24) is 29.8 Å². The molecule has 5 N–H and O–H groups in total. The highest BCUT2D eigenvalue weighted by atomic mass is 16.6. The fourth-order valence-electron chi connectivity index (χ4n) is 4.56. The molecule has 2 saturated carbocycles. The van der Waals surface area contributed by atoms with E-state index in [1.165, 1.54) is 48.6 Å². The number of nitro benzene ring substituents is 1.